The van der Waals surface area contributed by atoms with Crippen LogP contribution in [0.2, 0.25) is 0 Å². The topological polar surface area (TPSA) is 39.8 Å². The number of nitrogens with one attached hydrogen (secondary N) is 2. The first-order valence-electron chi connectivity index (χ1n) is 9.76. The summed E-state index contributed by atoms with van der Waals surface area (Å²) in [6.45, 7) is 6.49. The summed E-state index contributed by atoms with van der Waals surface area (Å²) in [5.74, 6) is 0.831. The van der Waals surface area contributed by atoms with E-state index < -0.39 is 0 Å². The minimum absolute atomic E-state index is 0.170. The van der Waals surface area contributed by atoms with Crippen LogP contribution in [0.3, 0.4) is 0 Å². The van der Waals surface area contributed by atoms with Crippen LogP contribution in [0.15, 0.2) is 54.6 Å². The van der Waals surface area contributed by atoms with E-state index in [1.54, 1.807) is 7.11 Å². The van der Waals surface area contributed by atoms with Gasteiger partial charge >= 0.3 is 0 Å². The van der Waals surface area contributed by atoms with Gasteiger partial charge in [0.1, 0.15) is 5.75 Å². The fourth-order valence-corrected chi connectivity index (χ4v) is 4.00. The molecule has 2 aromatic rings. The molecule has 0 saturated carbocycles. The van der Waals surface area contributed by atoms with Gasteiger partial charge in [-0.25, -0.2) is 0 Å². The first-order chi connectivity index (χ1) is 13.6. The molecule has 1 heterocycles. The van der Waals surface area contributed by atoms with E-state index in [2.05, 4.69) is 64.7 Å². The highest BCUT2D eigenvalue weighted by Gasteiger charge is 2.28. The van der Waals surface area contributed by atoms with Crippen LogP contribution in [0.1, 0.15) is 18.5 Å². The molecule has 0 unspecified atom stereocenters. The van der Waals surface area contributed by atoms with Crippen molar-refractivity contribution in [1.29, 1.82) is 0 Å². The number of likely N-dealkylation sites (N-methyl/N-ethyl adjacent to an activating group) is 1. The molecule has 1 saturated heterocycles. The second-order valence-electron chi connectivity index (χ2n) is 7.31. The third-order valence-electron chi connectivity index (χ3n) is 5.25. The summed E-state index contributed by atoms with van der Waals surface area (Å²) in [7, 11) is 3.85. The molecule has 5 nitrogen and oxygen atoms in total. The number of anilines is 1. The lowest BCUT2D eigenvalue weighted by molar-refractivity contribution is 0.0973. The van der Waals surface area contributed by atoms with Crippen molar-refractivity contribution in [2.45, 2.75) is 19.0 Å². The Morgan fingerprint density at radius 1 is 1.00 bits per heavy atom. The van der Waals surface area contributed by atoms with E-state index in [9.17, 15) is 0 Å². The summed E-state index contributed by atoms with van der Waals surface area (Å²) in [4.78, 5) is 4.94. The smallest absolute Gasteiger partial charge is 0.171 e. The molecular weight excluding hydrogens is 368 g/mol. The largest absolute Gasteiger partial charge is 0.497 e. The molecule has 28 heavy (non-hydrogen) atoms. The van der Waals surface area contributed by atoms with Gasteiger partial charge in [0.2, 0.25) is 0 Å². The lowest BCUT2D eigenvalue weighted by atomic mass is 9.98. The molecule has 0 aliphatic carbocycles. The summed E-state index contributed by atoms with van der Waals surface area (Å²) in [5, 5.41) is 7.41. The van der Waals surface area contributed by atoms with E-state index in [4.69, 9.17) is 17.0 Å². The second-order valence-corrected chi connectivity index (χ2v) is 7.72. The van der Waals surface area contributed by atoms with Crippen LogP contribution in [0.25, 0.3) is 0 Å². The Labute approximate surface area is 173 Å². The number of benzene rings is 2. The molecule has 2 aromatic carbocycles. The van der Waals surface area contributed by atoms with Gasteiger partial charge in [0.25, 0.3) is 0 Å². The third-order valence-corrected chi connectivity index (χ3v) is 5.47. The van der Waals surface area contributed by atoms with Crippen molar-refractivity contribution in [1.82, 2.24) is 15.1 Å². The summed E-state index contributed by atoms with van der Waals surface area (Å²) in [5.41, 5.74) is 2.26. The van der Waals surface area contributed by atoms with Crippen LogP contribution in [0.5, 0.6) is 5.75 Å². The Kier molecular flexibility index (Phi) is 7.25. The van der Waals surface area contributed by atoms with Gasteiger partial charge in [0.05, 0.1) is 13.2 Å². The molecule has 1 aliphatic heterocycles. The lowest BCUT2D eigenvalue weighted by Gasteiger charge is -2.41. The van der Waals surface area contributed by atoms with Gasteiger partial charge in [0, 0.05) is 37.9 Å². The monoisotopic (exact) mass is 398 g/mol. The summed E-state index contributed by atoms with van der Waals surface area (Å²) in [6, 6.07) is 18.9. The number of thiocarbonyl (C=S) groups is 1. The van der Waals surface area contributed by atoms with Gasteiger partial charge in [-0.1, -0.05) is 30.3 Å². The van der Waals surface area contributed by atoms with Crippen LogP contribution < -0.4 is 15.4 Å². The van der Waals surface area contributed by atoms with E-state index >= 15 is 0 Å². The number of ether oxygens (including phenoxy) is 1. The molecule has 1 fully saturated rings. The van der Waals surface area contributed by atoms with E-state index in [1.165, 1.54) is 5.56 Å². The van der Waals surface area contributed by atoms with E-state index in [0.29, 0.717) is 5.11 Å². The van der Waals surface area contributed by atoms with Crippen LogP contribution in [-0.4, -0.2) is 61.3 Å². The molecule has 0 bridgehead atoms. The van der Waals surface area contributed by atoms with Crippen LogP contribution in [-0.2, 0) is 0 Å². The molecule has 0 spiro atoms. The predicted octanol–water partition coefficient (Wildman–Crippen LogP) is 3.36. The standard InChI is InChI=1S/C22H30N4OS/c1-17(23-22(28)24-19-9-11-20(27-3)12-10-19)21(18-7-5-4-6-8-18)26-15-13-25(2)14-16-26/h4-12,17,21H,13-16H2,1-3H3,(H2,23,24,28)/t17-,21-/m0/s1. The third kappa shape index (κ3) is 5.44. The maximum absolute atomic E-state index is 5.58. The van der Waals surface area contributed by atoms with E-state index in [0.717, 1.165) is 37.6 Å². The predicted molar refractivity (Wildman–Crippen MR) is 120 cm³/mol. The first kappa shape index (κ1) is 20.6. The lowest BCUT2D eigenvalue weighted by Crippen LogP contribution is -2.52. The van der Waals surface area contributed by atoms with Gasteiger partial charge in [0.15, 0.2) is 5.11 Å². The fourth-order valence-electron chi connectivity index (χ4n) is 3.69. The normalized spacial score (nSPS) is 17.5. The molecule has 2 atom stereocenters. The van der Waals surface area contributed by atoms with Gasteiger partial charge in [-0.2, -0.15) is 0 Å². The van der Waals surface area contributed by atoms with Crippen molar-refractivity contribution in [2.24, 2.45) is 0 Å². The van der Waals surface area contributed by atoms with Crippen molar-refractivity contribution in [3.63, 3.8) is 0 Å². The molecule has 1 aliphatic rings. The van der Waals surface area contributed by atoms with E-state index in [-0.39, 0.29) is 12.1 Å². The molecule has 0 aromatic heterocycles. The number of hydrogen-bond donors (Lipinski definition) is 2. The molecule has 0 amide bonds. The first-order valence-corrected chi connectivity index (χ1v) is 10.2. The van der Waals surface area contributed by atoms with Crippen molar-refractivity contribution in [2.75, 3.05) is 45.7 Å². The Morgan fingerprint density at radius 2 is 1.64 bits per heavy atom. The minimum atomic E-state index is 0.170. The average Bonchev–Trinajstić information content (AvgIpc) is 2.71. The Hall–Kier alpha value is -2.15. The summed E-state index contributed by atoms with van der Waals surface area (Å²) < 4.78 is 5.21. The number of rotatable bonds is 6. The quantitative estimate of drug-likeness (QED) is 0.727. The van der Waals surface area contributed by atoms with Crippen molar-refractivity contribution in [3.8, 4) is 5.75 Å². The van der Waals surface area contributed by atoms with Crippen LogP contribution >= 0.6 is 12.2 Å². The van der Waals surface area contributed by atoms with Gasteiger partial charge < -0.3 is 20.3 Å². The maximum atomic E-state index is 5.58. The van der Waals surface area contributed by atoms with Crippen molar-refractivity contribution >= 4 is 23.0 Å². The highest BCUT2D eigenvalue weighted by atomic mass is 32.1. The maximum Gasteiger partial charge on any atom is 0.171 e. The number of nitrogens with zero attached hydrogens (tertiary/aromatic N) is 2. The Morgan fingerprint density at radius 3 is 2.25 bits per heavy atom. The van der Waals surface area contributed by atoms with Crippen LogP contribution in [0.4, 0.5) is 5.69 Å². The Bertz CT molecular complexity index is 745. The zero-order valence-electron chi connectivity index (χ0n) is 16.9. The fraction of sp³-hybridized carbons (Fsp3) is 0.409. The summed E-state index contributed by atoms with van der Waals surface area (Å²) >= 11 is 5.58. The number of piperazine rings is 1. The molecule has 150 valence electrons. The summed E-state index contributed by atoms with van der Waals surface area (Å²) in [6.07, 6.45) is 0. The molecule has 0 radical (unpaired) electrons. The van der Waals surface area contributed by atoms with Crippen LogP contribution in [0, 0.1) is 0 Å². The van der Waals surface area contributed by atoms with Gasteiger partial charge in [-0.15, -0.1) is 0 Å². The number of hydrogen-bond acceptors (Lipinski definition) is 4. The van der Waals surface area contributed by atoms with Crippen molar-refractivity contribution in [3.05, 3.63) is 60.2 Å². The molecule has 6 heteroatoms. The molecule has 2 N–H and O–H groups in total. The Balaban J connectivity index is 1.67. The van der Waals surface area contributed by atoms with E-state index in [1.807, 2.05) is 24.3 Å². The molecular formula is C22H30N4OS. The highest BCUT2D eigenvalue weighted by molar-refractivity contribution is 7.80. The average molecular weight is 399 g/mol. The highest BCUT2D eigenvalue weighted by Crippen LogP contribution is 2.26. The minimum Gasteiger partial charge on any atom is -0.497 e. The molecule has 3 rings (SSSR count). The zero-order valence-corrected chi connectivity index (χ0v) is 17.7. The zero-order chi connectivity index (χ0) is 19.9. The second kappa shape index (κ2) is 9.87. The SMILES string of the molecule is COc1ccc(NC(=S)N[C@@H](C)[C@@H](c2ccccc2)N2CCN(C)CC2)cc1. The number of methoxy groups -OCH3 is 1. The van der Waals surface area contributed by atoms with Crippen molar-refractivity contribution < 1.29 is 4.74 Å². The van der Waals surface area contributed by atoms with Gasteiger partial charge in [-0.05, 0) is 56.0 Å². The van der Waals surface area contributed by atoms with Gasteiger partial charge in [-0.3, -0.25) is 4.90 Å².